The lowest BCUT2D eigenvalue weighted by Crippen LogP contribution is -2.21. The lowest BCUT2D eigenvalue weighted by Gasteiger charge is -2.31. The van der Waals surface area contributed by atoms with Crippen LogP contribution in [0.2, 0.25) is 0 Å². The summed E-state index contributed by atoms with van der Waals surface area (Å²) in [5, 5.41) is 3.66. The lowest BCUT2D eigenvalue weighted by molar-refractivity contribution is 0.571. The minimum atomic E-state index is -0.0536. The van der Waals surface area contributed by atoms with E-state index in [4.69, 9.17) is 19.4 Å². The summed E-state index contributed by atoms with van der Waals surface area (Å²) < 4.78 is 11.7. The van der Waals surface area contributed by atoms with Gasteiger partial charge in [0.05, 0.1) is 11.0 Å². The summed E-state index contributed by atoms with van der Waals surface area (Å²) in [6.07, 6.45) is 5.49. The molecule has 0 saturated carbocycles. The molecule has 0 fully saturated rings. The Hall–Kier alpha value is -8.09. The summed E-state index contributed by atoms with van der Waals surface area (Å²) in [7, 11) is 0. The third kappa shape index (κ3) is 5.90. The topological polar surface area (TPSA) is 61.7 Å². The Morgan fingerprint density at radius 2 is 1.15 bits per heavy atom. The van der Waals surface area contributed by atoms with Crippen molar-refractivity contribution < 1.29 is 4.42 Å². The van der Waals surface area contributed by atoms with Gasteiger partial charge in [-0.1, -0.05) is 178 Å². The first-order chi connectivity index (χ1) is 32.1. The average molecular weight is 838 g/mol. The van der Waals surface area contributed by atoms with Crippen molar-refractivity contribution in [2.75, 3.05) is 0 Å². The Morgan fingerprint density at radius 1 is 0.538 bits per heavy atom. The van der Waals surface area contributed by atoms with E-state index < -0.39 is 0 Å². The van der Waals surface area contributed by atoms with Crippen LogP contribution in [0.4, 0.5) is 0 Å². The van der Waals surface area contributed by atoms with Gasteiger partial charge in [-0.25, -0.2) is 4.98 Å². The fraction of sp³-hybridized carbons (Fsp3) is 0.102. The molecule has 0 amide bonds. The van der Waals surface area contributed by atoms with E-state index in [-0.39, 0.29) is 11.8 Å². The molecule has 310 valence electrons. The quantitative estimate of drug-likeness (QED) is 0.167. The number of para-hydroxylation sites is 3. The molecule has 0 spiro atoms. The Bertz CT molecular complexity index is 3600. The van der Waals surface area contributed by atoms with E-state index >= 15 is 0 Å². The largest absolute Gasteiger partial charge is 0.456 e. The summed E-state index contributed by atoms with van der Waals surface area (Å²) >= 11 is 0. The number of aromatic nitrogens is 5. The standard InChI is InChI=1S/C59H43N5O/c1-36-26-32-46-49(34-36)64(59-61-57(40-16-6-3-7-17-40)60-58(62-59)41-18-8-4-9-19-41)55-52(37(2)53-47-23-13-15-25-51(47)65-56(53)54(46)55)39-29-27-38(28-30-39)42-31-33-45-44-22-12-14-24-48(44)63(50(45)35-42)43-20-10-5-11-21-43/h3-33,35-37,52H,34H2,1-2H3. The summed E-state index contributed by atoms with van der Waals surface area (Å²) in [6.45, 7) is 4.65. The molecule has 3 unspecified atom stereocenters. The van der Waals surface area contributed by atoms with Gasteiger partial charge < -0.3 is 8.98 Å². The molecule has 4 heterocycles. The van der Waals surface area contributed by atoms with E-state index in [1.807, 2.05) is 36.4 Å². The first-order valence-corrected chi connectivity index (χ1v) is 22.6. The molecule has 0 bridgehead atoms. The molecule has 11 aromatic rings. The van der Waals surface area contributed by atoms with E-state index in [0.717, 1.165) is 51.2 Å². The Morgan fingerprint density at radius 3 is 1.88 bits per heavy atom. The zero-order valence-corrected chi connectivity index (χ0v) is 36.1. The molecule has 6 heteroatoms. The molecular weight excluding hydrogens is 795 g/mol. The second-order valence-electron chi connectivity index (χ2n) is 17.7. The van der Waals surface area contributed by atoms with Crippen LogP contribution in [0.3, 0.4) is 0 Å². The number of allylic oxidation sites excluding steroid dienone is 1. The maximum Gasteiger partial charge on any atom is 0.238 e. The Balaban J connectivity index is 1.03. The van der Waals surface area contributed by atoms with Crippen LogP contribution < -0.4 is 0 Å². The van der Waals surface area contributed by atoms with Crippen LogP contribution in [0.15, 0.2) is 192 Å². The number of furan rings is 1. The molecular formula is C59H43N5O. The Kier molecular flexibility index (Phi) is 8.50. The highest BCUT2D eigenvalue weighted by molar-refractivity contribution is 6.10. The lowest BCUT2D eigenvalue weighted by atomic mass is 9.73. The summed E-state index contributed by atoms with van der Waals surface area (Å²) in [6, 6.07) is 64.6. The van der Waals surface area contributed by atoms with Gasteiger partial charge in [-0.15, -0.1) is 0 Å². The molecule has 2 aliphatic carbocycles. The maximum atomic E-state index is 6.97. The highest BCUT2D eigenvalue weighted by Crippen LogP contribution is 2.57. The van der Waals surface area contributed by atoms with Gasteiger partial charge in [-0.05, 0) is 65.3 Å². The van der Waals surface area contributed by atoms with Crippen molar-refractivity contribution in [1.82, 2.24) is 24.1 Å². The molecule has 0 radical (unpaired) electrons. The molecule has 6 nitrogen and oxygen atoms in total. The smallest absolute Gasteiger partial charge is 0.238 e. The molecule has 13 rings (SSSR count). The molecule has 0 aliphatic heterocycles. The molecule has 7 aromatic carbocycles. The van der Waals surface area contributed by atoms with Crippen LogP contribution in [0, 0.1) is 5.92 Å². The van der Waals surface area contributed by atoms with Crippen LogP contribution in [-0.4, -0.2) is 24.1 Å². The second kappa shape index (κ2) is 14.7. The predicted octanol–water partition coefficient (Wildman–Crippen LogP) is 14.6. The number of fused-ring (bicyclic) bond motifs is 10. The van der Waals surface area contributed by atoms with Crippen LogP contribution in [0.25, 0.3) is 95.7 Å². The molecule has 0 N–H and O–H groups in total. The van der Waals surface area contributed by atoms with E-state index in [1.165, 1.54) is 55.3 Å². The summed E-state index contributed by atoms with van der Waals surface area (Å²) in [4.78, 5) is 15.8. The number of nitrogens with zero attached hydrogens (tertiary/aromatic N) is 5. The van der Waals surface area contributed by atoms with Gasteiger partial charge in [-0.3, -0.25) is 4.57 Å². The molecule has 3 atom stereocenters. The molecule has 4 aromatic heterocycles. The van der Waals surface area contributed by atoms with Crippen molar-refractivity contribution in [1.29, 1.82) is 0 Å². The van der Waals surface area contributed by atoms with Crippen LogP contribution in [-0.2, 0) is 6.42 Å². The summed E-state index contributed by atoms with van der Waals surface area (Å²) in [5.41, 5.74) is 15.8. The third-order valence-corrected chi connectivity index (χ3v) is 13.7. The van der Waals surface area contributed by atoms with Gasteiger partial charge in [-0.2, -0.15) is 9.97 Å². The first kappa shape index (κ1) is 37.5. The maximum absolute atomic E-state index is 6.97. The predicted molar refractivity (Wildman–Crippen MR) is 264 cm³/mol. The second-order valence-corrected chi connectivity index (χ2v) is 17.7. The van der Waals surface area contributed by atoms with E-state index in [9.17, 15) is 0 Å². The highest BCUT2D eigenvalue weighted by Gasteiger charge is 2.43. The van der Waals surface area contributed by atoms with Gasteiger partial charge in [0, 0.05) is 67.0 Å². The monoisotopic (exact) mass is 837 g/mol. The number of rotatable bonds is 6. The van der Waals surface area contributed by atoms with Crippen molar-refractivity contribution >= 4 is 38.9 Å². The zero-order valence-electron chi connectivity index (χ0n) is 36.1. The van der Waals surface area contributed by atoms with Crippen molar-refractivity contribution in [2.45, 2.75) is 32.1 Å². The van der Waals surface area contributed by atoms with Gasteiger partial charge in [0.25, 0.3) is 0 Å². The van der Waals surface area contributed by atoms with Gasteiger partial charge in [0.15, 0.2) is 11.6 Å². The van der Waals surface area contributed by atoms with Crippen molar-refractivity contribution in [3.8, 4) is 56.9 Å². The fourth-order valence-electron chi connectivity index (χ4n) is 10.8. The van der Waals surface area contributed by atoms with E-state index in [0.29, 0.717) is 23.5 Å². The fourth-order valence-corrected chi connectivity index (χ4v) is 10.8. The van der Waals surface area contributed by atoms with Gasteiger partial charge >= 0.3 is 0 Å². The van der Waals surface area contributed by atoms with Gasteiger partial charge in [0.2, 0.25) is 5.95 Å². The zero-order chi connectivity index (χ0) is 43.2. The van der Waals surface area contributed by atoms with E-state index in [1.54, 1.807) is 0 Å². The van der Waals surface area contributed by atoms with Crippen molar-refractivity contribution in [3.05, 3.63) is 216 Å². The third-order valence-electron chi connectivity index (χ3n) is 13.7. The van der Waals surface area contributed by atoms with Crippen molar-refractivity contribution in [3.63, 3.8) is 0 Å². The molecule has 65 heavy (non-hydrogen) atoms. The number of hydrogen-bond donors (Lipinski definition) is 0. The Labute approximate surface area is 376 Å². The van der Waals surface area contributed by atoms with Crippen LogP contribution in [0.1, 0.15) is 53.8 Å². The summed E-state index contributed by atoms with van der Waals surface area (Å²) in [5.74, 6) is 3.18. The van der Waals surface area contributed by atoms with Crippen molar-refractivity contribution in [2.24, 2.45) is 5.92 Å². The van der Waals surface area contributed by atoms with Gasteiger partial charge in [0.1, 0.15) is 11.3 Å². The average Bonchev–Trinajstić information content (AvgIpc) is 4.03. The highest BCUT2D eigenvalue weighted by atomic mass is 16.3. The number of hydrogen-bond acceptors (Lipinski definition) is 4. The first-order valence-electron chi connectivity index (χ1n) is 22.6. The normalized spacial score (nSPS) is 16.5. The minimum Gasteiger partial charge on any atom is -0.456 e. The van der Waals surface area contributed by atoms with Crippen LogP contribution >= 0.6 is 0 Å². The molecule has 0 saturated heterocycles. The molecule has 2 aliphatic rings. The van der Waals surface area contributed by atoms with E-state index in [2.05, 4.69) is 181 Å². The minimum absolute atomic E-state index is 0.0536. The van der Waals surface area contributed by atoms with Crippen LogP contribution in [0.5, 0.6) is 0 Å². The SMILES string of the molecule is CC1C=Cc2c3c(n(-c4nc(-c5ccccc5)nc(-c5ccccc5)n4)c2C1)C(c1ccc(-c2ccc4c5ccccc5n(-c5ccccc5)c4c2)cc1)C(C)c1c-3oc2ccccc12. The number of benzene rings is 7.